The highest BCUT2D eigenvalue weighted by molar-refractivity contribution is 6.04. The lowest BCUT2D eigenvalue weighted by Crippen LogP contribution is -2.57. The molecule has 2 aromatic rings. The number of anilines is 1. The summed E-state index contributed by atoms with van der Waals surface area (Å²) in [5.41, 5.74) is 19.7. The molecule has 5 amide bonds. The zero-order chi connectivity index (χ0) is 40.6. The predicted octanol–water partition coefficient (Wildman–Crippen LogP) is 2.84. The molecule has 2 rings (SSSR count). The number of nitro benzene ring substituents is 1. The van der Waals surface area contributed by atoms with E-state index in [9.17, 15) is 34.1 Å². The minimum absolute atomic E-state index is 0.0346. The zero-order valence-electron chi connectivity index (χ0n) is 30.6. The highest BCUT2D eigenvalue weighted by Crippen LogP contribution is 2.24. The first kappa shape index (κ1) is 45.1. The second-order valence-electron chi connectivity index (χ2n) is 11.9. The molecule has 300 valence electrons. The van der Waals surface area contributed by atoms with Crippen LogP contribution in [0.3, 0.4) is 0 Å². The molecule has 0 radical (unpaired) electrons. The molecule has 2 atom stereocenters. The number of carbonyl (C=O) groups excluding carboxylic acids is 5. The van der Waals surface area contributed by atoms with Gasteiger partial charge in [-0.15, -0.1) is 0 Å². The molecule has 21 heteroatoms. The van der Waals surface area contributed by atoms with E-state index in [1.54, 1.807) is 26.0 Å². The molecule has 0 unspecified atom stereocenters. The predicted molar refractivity (Wildman–Crippen MR) is 195 cm³/mol. The molecule has 2 aromatic carbocycles. The van der Waals surface area contributed by atoms with Gasteiger partial charge in [-0.05, 0) is 54.1 Å². The van der Waals surface area contributed by atoms with Gasteiger partial charge < -0.3 is 45.8 Å². The standard InChI is InChI=1S/C34H47N9O12/c1-23(2)30(40-29(44)13-16-51-18-20-53-21-19-52-17-15-39-41-37)32(46)42(28(31(35)45)4-3-14-38-33(36)47)25-7-5-24(6-8-25)22-54-34(48)55-27-11-9-26(10-12-27)43(49)50/h5-12,23,28,30H,3-4,13-22H2,1-2H3,(H2,35,45)(H,40,44)(H3,36,38,47)/t28-,30-/m0/s1. The first-order valence-corrected chi connectivity index (χ1v) is 17.2. The third-order valence-electron chi connectivity index (χ3n) is 7.52. The Morgan fingerprint density at radius 1 is 0.927 bits per heavy atom. The van der Waals surface area contributed by atoms with Gasteiger partial charge in [-0.2, -0.15) is 0 Å². The molecule has 0 aliphatic rings. The zero-order valence-corrected chi connectivity index (χ0v) is 30.6. The Morgan fingerprint density at radius 2 is 1.55 bits per heavy atom. The molecule has 0 fully saturated rings. The van der Waals surface area contributed by atoms with Gasteiger partial charge in [0.25, 0.3) is 11.6 Å². The fourth-order valence-corrected chi connectivity index (χ4v) is 4.79. The Morgan fingerprint density at radius 3 is 2.11 bits per heavy atom. The lowest BCUT2D eigenvalue weighted by atomic mass is 9.99. The average Bonchev–Trinajstić information content (AvgIpc) is 3.14. The van der Waals surface area contributed by atoms with Crippen LogP contribution in [-0.4, -0.2) is 99.6 Å². The van der Waals surface area contributed by atoms with Crippen LogP contribution in [-0.2, 0) is 39.9 Å². The summed E-state index contributed by atoms with van der Waals surface area (Å²) >= 11 is 0. The second-order valence-corrected chi connectivity index (χ2v) is 11.9. The van der Waals surface area contributed by atoms with Crippen LogP contribution in [0.25, 0.3) is 10.4 Å². The van der Waals surface area contributed by atoms with Crippen molar-refractivity contribution in [2.45, 2.75) is 51.8 Å². The minimum Gasteiger partial charge on any atom is -0.429 e. The molecule has 0 bridgehead atoms. The fraction of sp³-hybridized carbons (Fsp3) is 0.500. The summed E-state index contributed by atoms with van der Waals surface area (Å²) in [6.07, 6.45) is -0.868. The van der Waals surface area contributed by atoms with Gasteiger partial charge in [0.05, 0.1) is 44.6 Å². The number of ether oxygens (including phenoxy) is 5. The lowest BCUT2D eigenvalue weighted by molar-refractivity contribution is -0.384. The molecule has 0 saturated heterocycles. The molecule has 0 spiro atoms. The number of nitrogens with zero attached hydrogens (tertiary/aromatic N) is 5. The van der Waals surface area contributed by atoms with Crippen LogP contribution in [0.15, 0.2) is 53.6 Å². The van der Waals surface area contributed by atoms with Crippen molar-refractivity contribution in [3.8, 4) is 5.75 Å². The number of amides is 5. The molecule has 55 heavy (non-hydrogen) atoms. The quantitative estimate of drug-likeness (QED) is 0.0157. The van der Waals surface area contributed by atoms with Gasteiger partial charge >= 0.3 is 12.2 Å². The summed E-state index contributed by atoms with van der Waals surface area (Å²) in [6, 6.07) is 7.91. The molecule has 0 aliphatic carbocycles. The van der Waals surface area contributed by atoms with E-state index in [1.807, 2.05) is 0 Å². The van der Waals surface area contributed by atoms with Crippen LogP contribution >= 0.6 is 0 Å². The third kappa shape index (κ3) is 17.6. The van der Waals surface area contributed by atoms with Gasteiger partial charge in [-0.3, -0.25) is 29.4 Å². The van der Waals surface area contributed by atoms with Crippen molar-refractivity contribution < 1.29 is 52.6 Å². The summed E-state index contributed by atoms with van der Waals surface area (Å²) in [5, 5.41) is 19.4. The van der Waals surface area contributed by atoms with E-state index >= 15 is 0 Å². The second kappa shape index (κ2) is 25.1. The monoisotopic (exact) mass is 773 g/mol. The fourth-order valence-electron chi connectivity index (χ4n) is 4.79. The number of nitrogens with two attached hydrogens (primary N) is 2. The number of benzene rings is 2. The molecular weight excluding hydrogens is 726 g/mol. The number of primary amides is 2. The third-order valence-corrected chi connectivity index (χ3v) is 7.52. The van der Waals surface area contributed by atoms with E-state index in [-0.39, 0.29) is 82.5 Å². The van der Waals surface area contributed by atoms with E-state index in [1.165, 1.54) is 41.3 Å². The number of carbonyl (C=O) groups is 5. The summed E-state index contributed by atoms with van der Waals surface area (Å²) in [6.45, 7) is 4.95. The Hall–Kier alpha value is -6.02. The van der Waals surface area contributed by atoms with Crippen LogP contribution in [0.1, 0.15) is 38.7 Å². The average molecular weight is 774 g/mol. The van der Waals surface area contributed by atoms with Crippen molar-refractivity contribution in [3.63, 3.8) is 0 Å². The van der Waals surface area contributed by atoms with Crippen molar-refractivity contribution in [2.75, 3.05) is 57.6 Å². The van der Waals surface area contributed by atoms with Crippen LogP contribution < -0.4 is 31.7 Å². The Labute approximate surface area is 316 Å². The smallest absolute Gasteiger partial charge is 0.429 e. The molecule has 0 aliphatic heterocycles. The number of non-ortho nitro benzene ring substituents is 1. The van der Waals surface area contributed by atoms with Crippen LogP contribution in [0, 0.1) is 16.0 Å². The van der Waals surface area contributed by atoms with Crippen molar-refractivity contribution in [1.29, 1.82) is 0 Å². The van der Waals surface area contributed by atoms with E-state index in [4.69, 9.17) is 40.7 Å². The highest BCUT2D eigenvalue weighted by Gasteiger charge is 2.36. The van der Waals surface area contributed by atoms with Gasteiger partial charge in [-0.25, -0.2) is 9.59 Å². The van der Waals surface area contributed by atoms with Gasteiger partial charge in [0.15, 0.2) is 0 Å². The summed E-state index contributed by atoms with van der Waals surface area (Å²) in [4.78, 5) is 77.5. The van der Waals surface area contributed by atoms with Crippen molar-refractivity contribution in [3.05, 3.63) is 74.7 Å². The molecule has 0 aromatic heterocycles. The number of rotatable bonds is 26. The SMILES string of the molecule is CC(C)[C@H](NC(=O)CCOCCOCCOCCN=[N+]=[N-])C(=O)N(c1ccc(COC(=O)Oc2ccc([N+](=O)[O-])cc2)cc1)[C@@H](CCCNC(N)=O)C(N)=O. The van der Waals surface area contributed by atoms with Crippen molar-refractivity contribution in [1.82, 2.24) is 10.6 Å². The summed E-state index contributed by atoms with van der Waals surface area (Å²) in [7, 11) is 0. The van der Waals surface area contributed by atoms with Crippen molar-refractivity contribution >= 4 is 41.3 Å². The molecule has 21 nitrogen and oxygen atoms in total. The van der Waals surface area contributed by atoms with Gasteiger partial charge in [0.1, 0.15) is 24.4 Å². The maximum atomic E-state index is 14.2. The number of hydrogen-bond donors (Lipinski definition) is 4. The van der Waals surface area contributed by atoms with Gasteiger partial charge in [0, 0.05) is 42.2 Å². The number of nitrogens with one attached hydrogen (secondary N) is 2. The first-order valence-electron chi connectivity index (χ1n) is 17.2. The number of hydrogen-bond acceptors (Lipinski definition) is 13. The number of nitro groups is 1. The van der Waals surface area contributed by atoms with Gasteiger partial charge in [0.2, 0.25) is 11.8 Å². The van der Waals surface area contributed by atoms with E-state index in [2.05, 4.69) is 20.7 Å². The van der Waals surface area contributed by atoms with Crippen LogP contribution in [0.5, 0.6) is 5.75 Å². The van der Waals surface area contributed by atoms with Crippen molar-refractivity contribution in [2.24, 2.45) is 22.5 Å². The molecular formula is C34H47N9O12. The first-order chi connectivity index (χ1) is 26.3. The van der Waals surface area contributed by atoms with Gasteiger partial charge in [-0.1, -0.05) is 31.1 Å². The molecule has 6 N–H and O–H groups in total. The van der Waals surface area contributed by atoms with Crippen LogP contribution in [0.4, 0.5) is 21.0 Å². The Balaban J connectivity index is 2.08. The van der Waals surface area contributed by atoms with E-state index < -0.39 is 52.8 Å². The topological polar surface area (TPSA) is 303 Å². The summed E-state index contributed by atoms with van der Waals surface area (Å²) in [5.74, 6) is -2.33. The maximum absolute atomic E-state index is 14.2. The lowest BCUT2D eigenvalue weighted by Gasteiger charge is -2.34. The number of azide groups is 1. The molecule has 0 heterocycles. The Kier molecular flexibility index (Phi) is 20.6. The highest BCUT2D eigenvalue weighted by atomic mass is 16.7. The normalized spacial score (nSPS) is 11.8. The number of urea groups is 1. The van der Waals surface area contributed by atoms with Crippen LogP contribution in [0.2, 0.25) is 0 Å². The van der Waals surface area contributed by atoms with E-state index in [0.717, 1.165) is 0 Å². The minimum atomic E-state index is -1.20. The maximum Gasteiger partial charge on any atom is 0.514 e. The summed E-state index contributed by atoms with van der Waals surface area (Å²) < 4.78 is 26.3. The largest absolute Gasteiger partial charge is 0.514 e. The molecule has 0 saturated carbocycles. The van der Waals surface area contributed by atoms with E-state index in [0.29, 0.717) is 18.8 Å². The Bertz CT molecular complexity index is 1600.